The fraction of sp³-hybridized carbons (Fsp3) is 0.600. The number of rotatable bonds is 4. The van der Waals surface area contributed by atoms with Gasteiger partial charge in [-0.25, -0.2) is 0 Å². The van der Waals surface area contributed by atoms with E-state index in [0.29, 0.717) is 6.42 Å². The van der Waals surface area contributed by atoms with E-state index in [2.05, 4.69) is 24.7 Å². The van der Waals surface area contributed by atoms with E-state index in [1.165, 1.54) is 0 Å². The van der Waals surface area contributed by atoms with Gasteiger partial charge in [0.1, 0.15) is 12.2 Å². The van der Waals surface area contributed by atoms with Crippen LogP contribution in [0, 0.1) is 23.9 Å². The van der Waals surface area contributed by atoms with Crippen LogP contribution >= 0.6 is 0 Å². The first-order valence-corrected chi connectivity index (χ1v) is 4.14. The molecular formula is C10H14O2. The Hall–Kier alpha value is -1.12. The smallest absolute Gasteiger partial charge is 0.122 e. The summed E-state index contributed by atoms with van der Waals surface area (Å²) in [5.74, 6) is 7.02. The van der Waals surface area contributed by atoms with Crippen LogP contribution in [0.25, 0.3) is 0 Å². The number of hydrogen-bond donors (Lipinski definition) is 2. The second-order valence-electron chi connectivity index (χ2n) is 2.52. The van der Waals surface area contributed by atoms with Crippen molar-refractivity contribution < 1.29 is 10.2 Å². The molecule has 0 radical (unpaired) electrons. The first-order valence-electron chi connectivity index (χ1n) is 4.14. The van der Waals surface area contributed by atoms with Crippen LogP contribution in [0.3, 0.4) is 0 Å². The van der Waals surface area contributed by atoms with Gasteiger partial charge in [0.15, 0.2) is 0 Å². The molecular weight excluding hydrogens is 152 g/mol. The van der Waals surface area contributed by atoms with Gasteiger partial charge in [0.25, 0.3) is 0 Å². The molecule has 0 bridgehead atoms. The minimum absolute atomic E-state index is 0.600. The summed E-state index contributed by atoms with van der Waals surface area (Å²) in [7, 11) is 0. The molecule has 0 aromatic carbocycles. The zero-order chi connectivity index (χ0) is 9.23. The zero-order valence-corrected chi connectivity index (χ0v) is 7.30. The fourth-order valence-electron chi connectivity index (χ4n) is 0.807. The van der Waals surface area contributed by atoms with Crippen LogP contribution in [0.5, 0.6) is 0 Å². The van der Waals surface area contributed by atoms with E-state index in [-0.39, 0.29) is 0 Å². The van der Waals surface area contributed by atoms with Gasteiger partial charge in [0.05, 0.1) is 0 Å². The van der Waals surface area contributed by atoms with Crippen LogP contribution < -0.4 is 0 Å². The van der Waals surface area contributed by atoms with Crippen molar-refractivity contribution in [2.75, 3.05) is 0 Å². The Morgan fingerprint density at radius 1 is 1.25 bits per heavy atom. The second kappa shape index (κ2) is 7.98. The summed E-state index contributed by atoms with van der Waals surface area (Å²) in [6.45, 7) is 2.11. The van der Waals surface area contributed by atoms with Gasteiger partial charge < -0.3 is 10.2 Å². The highest BCUT2D eigenvalue weighted by Crippen LogP contribution is 2.01. The fourth-order valence-corrected chi connectivity index (χ4v) is 0.807. The van der Waals surface area contributed by atoms with Gasteiger partial charge in [-0.05, 0) is 18.8 Å². The van der Waals surface area contributed by atoms with E-state index in [1.807, 2.05) is 0 Å². The van der Waals surface area contributed by atoms with E-state index >= 15 is 0 Å². The Kier molecular flexibility index (Phi) is 7.24. The second-order valence-corrected chi connectivity index (χ2v) is 2.52. The Morgan fingerprint density at radius 3 is 2.58 bits per heavy atom. The highest BCUT2D eigenvalue weighted by Gasteiger charge is 1.96. The molecule has 2 heteroatoms. The minimum Gasteiger partial charge on any atom is -0.461 e. The van der Waals surface area contributed by atoms with Crippen molar-refractivity contribution in [1.29, 1.82) is 0 Å². The highest BCUT2D eigenvalue weighted by atomic mass is 16.3. The van der Waals surface area contributed by atoms with Crippen LogP contribution in [0.2, 0.25) is 0 Å². The molecule has 0 aromatic rings. The molecule has 1 atom stereocenters. The lowest BCUT2D eigenvalue weighted by Crippen LogP contribution is -2.01. The summed E-state index contributed by atoms with van der Waals surface area (Å²) >= 11 is 0. The molecule has 0 aliphatic rings. The first-order chi connectivity index (χ1) is 5.81. The first kappa shape index (κ1) is 10.9. The third-order valence-electron chi connectivity index (χ3n) is 1.44. The monoisotopic (exact) mass is 166 g/mol. The van der Waals surface area contributed by atoms with Gasteiger partial charge in [0.2, 0.25) is 0 Å². The summed E-state index contributed by atoms with van der Waals surface area (Å²) in [5, 5.41) is 17.2. The average Bonchev–Trinajstić information content (AvgIpc) is 2.06. The van der Waals surface area contributed by atoms with Crippen LogP contribution in [0.1, 0.15) is 32.6 Å². The van der Waals surface area contributed by atoms with Crippen molar-refractivity contribution >= 4 is 0 Å². The molecule has 0 heterocycles. The number of unbranched alkanes of at least 4 members (excludes halogenated alkanes) is 2. The van der Waals surface area contributed by atoms with Crippen LogP contribution in [0.4, 0.5) is 0 Å². The molecule has 0 saturated carbocycles. The zero-order valence-electron chi connectivity index (χ0n) is 7.30. The maximum absolute atomic E-state index is 9.18. The van der Waals surface area contributed by atoms with Gasteiger partial charge in [-0.15, -0.1) is 0 Å². The molecule has 0 saturated heterocycles. The molecule has 2 nitrogen and oxygen atoms in total. The molecule has 2 N–H and O–H groups in total. The lowest BCUT2D eigenvalue weighted by atomic mass is 10.1. The van der Waals surface area contributed by atoms with Gasteiger partial charge >= 0.3 is 0 Å². The number of aliphatic hydroxyl groups is 2. The van der Waals surface area contributed by atoms with Crippen molar-refractivity contribution in [3.8, 4) is 23.9 Å². The molecule has 12 heavy (non-hydrogen) atoms. The van der Waals surface area contributed by atoms with E-state index in [0.717, 1.165) is 19.3 Å². The van der Waals surface area contributed by atoms with Crippen molar-refractivity contribution in [3.63, 3.8) is 0 Å². The summed E-state index contributed by atoms with van der Waals surface area (Å²) in [6.07, 6.45) is 4.98. The van der Waals surface area contributed by atoms with Crippen molar-refractivity contribution in [3.05, 3.63) is 0 Å². The lowest BCUT2D eigenvalue weighted by Gasteiger charge is -2.00. The van der Waals surface area contributed by atoms with E-state index in [9.17, 15) is 5.11 Å². The predicted octanol–water partition coefficient (Wildman–Crippen LogP) is 1.26. The SMILES string of the molecule is CCCCCC(O)C#CC#CO. The minimum atomic E-state index is -0.600. The molecule has 0 aromatic heterocycles. The van der Waals surface area contributed by atoms with E-state index in [1.54, 1.807) is 6.11 Å². The Balaban J connectivity index is 3.51. The molecule has 0 aliphatic carbocycles. The maximum atomic E-state index is 9.18. The number of hydrogen-bond acceptors (Lipinski definition) is 2. The normalized spacial score (nSPS) is 10.5. The predicted molar refractivity (Wildman–Crippen MR) is 47.6 cm³/mol. The molecule has 0 rings (SSSR count). The van der Waals surface area contributed by atoms with Gasteiger partial charge in [-0.2, -0.15) is 0 Å². The van der Waals surface area contributed by atoms with Gasteiger partial charge in [0, 0.05) is 5.92 Å². The molecule has 0 fully saturated rings. The third-order valence-corrected chi connectivity index (χ3v) is 1.44. The molecule has 1 unspecified atom stereocenters. The Bertz CT molecular complexity index is 211. The van der Waals surface area contributed by atoms with E-state index < -0.39 is 6.10 Å². The van der Waals surface area contributed by atoms with Gasteiger partial charge in [-0.1, -0.05) is 25.7 Å². The van der Waals surface area contributed by atoms with Crippen molar-refractivity contribution in [2.24, 2.45) is 0 Å². The summed E-state index contributed by atoms with van der Waals surface area (Å²) < 4.78 is 0. The molecule has 0 spiro atoms. The Morgan fingerprint density at radius 2 is 2.00 bits per heavy atom. The highest BCUT2D eigenvalue weighted by molar-refractivity contribution is 5.25. The topological polar surface area (TPSA) is 40.5 Å². The van der Waals surface area contributed by atoms with Crippen molar-refractivity contribution in [1.82, 2.24) is 0 Å². The standard InChI is InChI=1S/C10H14O2/c1-2-3-4-7-10(12)8-5-6-9-11/h10-12H,2-4,7H2,1H3. The number of aliphatic hydroxyl groups excluding tert-OH is 2. The third kappa shape index (κ3) is 6.99. The Labute approximate surface area is 73.6 Å². The van der Waals surface area contributed by atoms with Crippen LogP contribution in [-0.4, -0.2) is 16.3 Å². The maximum Gasteiger partial charge on any atom is 0.122 e. The molecule has 66 valence electrons. The summed E-state index contributed by atoms with van der Waals surface area (Å²) in [6, 6.07) is 0. The largest absolute Gasteiger partial charge is 0.461 e. The van der Waals surface area contributed by atoms with Crippen LogP contribution in [-0.2, 0) is 0 Å². The van der Waals surface area contributed by atoms with Crippen LogP contribution in [0.15, 0.2) is 0 Å². The van der Waals surface area contributed by atoms with Gasteiger partial charge in [-0.3, -0.25) is 0 Å². The van der Waals surface area contributed by atoms with Crippen molar-refractivity contribution in [2.45, 2.75) is 38.7 Å². The van der Waals surface area contributed by atoms with E-state index in [4.69, 9.17) is 5.11 Å². The average molecular weight is 166 g/mol. The molecule has 0 amide bonds. The lowest BCUT2D eigenvalue weighted by molar-refractivity contribution is 0.217. The molecule has 0 aliphatic heterocycles. The quantitative estimate of drug-likeness (QED) is 0.487. The summed E-state index contributed by atoms with van der Waals surface area (Å²) in [4.78, 5) is 0. The summed E-state index contributed by atoms with van der Waals surface area (Å²) in [5.41, 5.74) is 0.